The van der Waals surface area contributed by atoms with Crippen molar-refractivity contribution in [1.82, 2.24) is 5.43 Å². The Hall–Kier alpha value is -2.80. The summed E-state index contributed by atoms with van der Waals surface area (Å²) in [5, 5.41) is 18.4. The van der Waals surface area contributed by atoms with E-state index in [0.717, 1.165) is 11.3 Å². The first-order chi connectivity index (χ1) is 11.0. The van der Waals surface area contributed by atoms with Gasteiger partial charge in [0.2, 0.25) is 0 Å². The molecule has 0 saturated heterocycles. The molecular formula is C16H16N4O2S. The molecule has 0 amide bonds. The molecule has 0 spiro atoms. The maximum absolute atomic E-state index is 11.0. The molecule has 118 valence electrons. The SMILES string of the molecule is C/C(=N/NC(=S)Nc1ccc(C)cc1)c1ccccc1[N+](=O)[O-]. The van der Waals surface area contributed by atoms with Crippen molar-refractivity contribution in [2.24, 2.45) is 5.10 Å². The quantitative estimate of drug-likeness (QED) is 0.388. The number of thiocarbonyl (C=S) groups is 1. The van der Waals surface area contributed by atoms with Gasteiger partial charge in [-0.1, -0.05) is 29.8 Å². The second kappa shape index (κ2) is 7.46. The van der Waals surface area contributed by atoms with Crippen LogP contribution in [0.1, 0.15) is 18.1 Å². The minimum Gasteiger partial charge on any atom is -0.331 e. The predicted molar refractivity (Wildman–Crippen MR) is 95.8 cm³/mol. The number of para-hydroxylation sites is 1. The number of rotatable bonds is 4. The Kier molecular flexibility index (Phi) is 5.37. The highest BCUT2D eigenvalue weighted by atomic mass is 32.1. The number of nitrogens with zero attached hydrogens (tertiary/aromatic N) is 2. The maximum Gasteiger partial charge on any atom is 0.278 e. The molecule has 6 nitrogen and oxygen atoms in total. The van der Waals surface area contributed by atoms with Gasteiger partial charge in [0.15, 0.2) is 5.11 Å². The Morgan fingerprint density at radius 3 is 2.48 bits per heavy atom. The third-order valence-electron chi connectivity index (χ3n) is 3.13. The highest BCUT2D eigenvalue weighted by Gasteiger charge is 2.14. The zero-order valence-corrected chi connectivity index (χ0v) is 13.6. The molecular weight excluding hydrogens is 312 g/mol. The lowest BCUT2D eigenvalue weighted by atomic mass is 10.1. The van der Waals surface area contributed by atoms with Crippen LogP contribution in [0.3, 0.4) is 0 Å². The van der Waals surface area contributed by atoms with Gasteiger partial charge in [0.1, 0.15) is 0 Å². The molecule has 0 fully saturated rings. The third kappa shape index (κ3) is 4.58. The zero-order chi connectivity index (χ0) is 16.8. The fourth-order valence-electron chi connectivity index (χ4n) is 1.93. The van der Waals surface area contributed by atoms with Crippen LogP contribution in [0.5, 0.6) is 0 Å². The number of hydrogen-bond acceptors (Lipinski definition) is 4. The van der Waals surface area contributed by atoms with E-state index in [2.05, 4.69) is 15.8 Å². The number of aryl methyl sites for hydroxylation is 1. The molecule has 2 N–H and O–H groups in total. The summed E-state index contributed by atoms with van der Waals surface area (Å²) in [6.45, 7) is 3.69. The van der Waals surface area contributed by atoms with Gasteiger partial charge in [0, 0.05) is 11.8 Å². The van der Waals surface area contributed by atoms with E-state index in [9.17, 15) is 10.1 Å². The summed E-state index contributed by atoms with van der Waals surface area (Å²) >= 11 is 5.16. The highest BCUT2D eigenvalue weighted by molar-refractivity contribution is 7.80. The number of nitro groups is 1. The summed E-state index contributed by atoms with van der Waals surface area (Å²) in [5.41, 5.74) is 5.62. The molecule has 0 atom stereocenters. The standard InChI is InChI=1S/C16H16N4O2S/c1-11-7-9-13(10-8-11)17-16(23)19-18-12(2)14-5-3-4-6-15(14)20(21)22/h3-10H,1-2H3,(H2,17,19,23)/b18-12-. The van der Waals surface area contributed by atoms with E-state index < -0.39 is 4.92 Å². The van der Waals surface area contributed by atoms with E-state index in [1.165, 1.54) is 6.07 Å². The van der Waals surface area contributed by atoms with Gasteiger partial charge in [-0.3, -0.25) is 15.5 Å². The average Bonchev–Trinajstić information content (AvgIpc) is 2.54. The lowest BCUT2D eigenvalue weighted by molar-refractivity contribution is -0.385. The number of hydrazone groups is 1. The minimum absolute atomic E-state index is 0.00737. The maximum atomic E-state index is 11.0. The van der Waals surface area contributed by atoms with E-state index in [1.807, 2.05) is 31.2 Å². The van der Waals surface area contributed by atoms with Crippen molar-refractivity contribution >= 4 is 34.4 Å². The van der Waals surface area contributed by atoms with Crippen LogP contribution in [-0.4, -0.2) is 15.7 Å². The number of hydrogen-bond donors (Lipinski definition) is 2. The number of nitro benzene ring substituents is 1. The molecule has 0 aromatic heterocycles. The van der Waals surface area contributed by atoms with Gasteiger partial charge in [-0.15, -0.1) is 0 Å². The van der Waals surface area contributed by atoms with Crippen LogP contribution in [0.25, 0.3) is 0 Å². The number of anilines is 1. The van der Waals surface area contributed by atoms with E-state index in [0.29, 0.717) is 16.4 Å². The van der Waals surface area contributed by atoms with Crippen molar-refractivity contribution in [3.63, 3.8) is 0 Å². The van der Waals surface area contributed by atoms with Gasteiger partial charge >= 0.3 is 0 Å². The van der Waals surface area contributed by atoms with E-state index in [4.69, 9.17) is 12.2 Å². The normalized spacial score (nSPS) is 11.0. The summed E-state index contributed by atoms with van der Waals surface area (Å²) in [7, 11) is 0. The molecule has 23 heavy (non-hydrogen) atoms. The fraction of sp³-hybridized carbons (Fsp3) is 0.125. The summed E-state index contributed by atoms with van der Waals surface area (Å²) in [6, 6.07) is 14.2. The van der Waals surface area contributed by atoms with Crippen molar-refractivity contribution in [2.45, 2.75) is 13.8 Å². The van der Waals surface area contributed by atoms with Crippen LogP contribution in [0.15, 0.2) is 53.6 Å². The van der Waals surface area contributed by atoms with Crippen molar-refractivity contribution in [2.75, 3.05) is 5.32 Å². The Labute approximate surface area is 139 Å². The van der Waals surface area contributed by atoms with Crippen molar-refractivity contribution in [3.05, 3.63) is 69.8 Å². The first kappa shape index (κ1) is 16.6. The number of nitrogens with one attached hydrogen (secondary N) is 2. The largest absolute Gasteiger partial charge is 0.331 e. The molecule has 2 aromatic carbocycles. The van der Waals surface area contributed by atoms with Crippen LogP contribution in [0, 0.1) is 17.0 Å². The van der Waals surface area contributed by atoms with E-state index in [-0.39, 0.29) is 5.69 Å². The second-order valence-electron chi connectivity index (χ2n) is 4.90. The summed E-state index contributed by atoms with van der Waals surface area (Å²) < 4.78 is 0. The Morgan fingerprint density at radius 1 is 1.17 bits per heavy atom. The van der Waals surface area contributed by atoms with Crippen LogP contribution >= 0.6 is 12.2 Å². The van der Waals surface area contributed by atoms with Crippen LogP contribution in [0.4, 0.5) is 11.4 Å². The van der Waals surface area contributed by atoms with Gasteiger partial charge in [-0.25, -0.2) is 0 Å². The second-order valence-corrected chi connectivity index (χ2v) is 5.31. The Bertz CT molecular complexity index is 757. The first-order valence-electron chi connectivity index (χ1n) is 6.89. The topological polar surface area (TPSA) is 79.6 Å². The molecule has 0 aliphatic carbocycles. The Morgan fingerprint density at radius 2 is 1.83 bits per heavy atom. The highest BCUT2D eigenvalue weighted by Crippen LogP contribution is 2.18. The van der Waals surface area contributed by atoms with Gasteiger partial charge < -0.3 is 5.32 Å². The predicted octanol–water partition coefficient (Wildman–Crippen LogP) is 3.61. The summed E-state index contributed by atoms with van der Waals surface area (Å²) in [4.78, 5) is 10.6. The van der Waals surface area contributed by atoms with Gasteiger partial charge in [-0.2, -0.15) is 5.10 Å². The zero-order valence-electron chi connectivity index (χ0n) is 12.7. The van der Waals surface area contributed by atoms with Gasteiger partial charge in [0.25, 0.3) is 5.69 Å². The minimum atomic E-state index is -0.433. The molecule has 0 bridgehead atoms. The van der Waals surface area contributed by atoms with Crippen molar-refractivity contribution < 1.29 is 4.92 Å². The van der Waals surface area contributed by atoms with E-state index >= 15 is 0 Å². The average molecular weight is 328 g/mol. The van der Waals surface area contributed by atoms with Crippen LogP contribution < -0.4 is 10.7 Å². The number of benzene rings is 2. The van der Waals surface area contributed by atoms with Crippen LogP contribution in [-0.2, 0) is 0 Å². The van der Waals surface area contributed by atoms with Crippen LogP contribution in [0.2, 0.25) is 0 Å². The van der Waals surface area contributed by atoms with Crippen molar-refractivity contribution in [3.8, 4) is 0 Å². The van der Waals surface area contributed by atoms with Gasteiger partial charge in [0.05, 0.1) is 16.2 Å². The molecule has 7 heteroatoms. The smallest absolute Gasteiger partial charge is 0.278 e. The molecule has 0 saturated carbocycles. The summed E-state index contributed by atoms with van der Waals surface area (Å²) in [6.07, 6.45) is 0. The fourth-order valence-corrected chi connectivity index (χ4v) is 2.09. The first-order valence-corrected chi connectivity index (χ1v) is 7.30. The lowest BCUT2D eigenvalue weighted by Crippen LogP contribution is -2.25. The van der Waals surface area contributed by atoms with Crippen molar-refractivity contribution in [1.29, 1.82) is 0 Å². The third-order valence-corrected chi connectivity index (χ3v) is 3.32. The lowest BCUT2D eigenvalue weighted by Gasteiger charge is -2.08. The molecule has 0 aliphatic rings. The monoisotopic (exact) mass is 328 g/mol. The molecule has 0 radical (unpaired) electrons. The molecule has 2 rings (SSSR count). The molecule has 0 unspecified atom stereocenters. The molecule has 2 aromatic rings. The van der Waals surface area contributed by atoms with Gasteiger partial charge in [-0.05, 0) is 44.3 Å². The molecule has 0 aliphatic heterocycles. The summed E-state index contributed by atoms with van der Waals surface area (Å²) in [5.74, 6) is 0. The molecule has 0 heterocycles. The Balaban J connectivity index is 2.06. The van der Waals surface area contributed by atoms with E-state index in [1.54, 1.807) is 25.1 Å².